The molecule has 1 rings (SSSR count). The first-order valence-electron chi connectivity index (χ1n) is 6.97. The summed E-state index contributed by atoms with van der Waals surface area (Å²) in [4.78, 5) is 11.3. The van der Waals surface area contributed by atoms with Crippen LogP contribution in [-0.4, -0.2) is 29.8 Å². The normalized spacial score (nSPS) is 15.7. The monoisotopic (exact) mass is 279 g/mol. The smallest absolute Gasteiger partial charge is 0.323 e. The fraction of sp³-hybridized carbons (Fsp3) is 0.562. The zero-order chi connectivity index (χ0) is 15.3. The topological polar surface area (TPSA) is 58.6 Å². The molecule has 1 aromatic rings. The van der Waals surface area contributed by atoms with Crippen LogP contribution in [0, 0.1) is 0 Å². The minimum Gasteiger partial charge on any atom is -0.491 e. The highest BCUT2D eigenvalue weighted by molar-refractivity contribution is 5.78. The number of carboxylic acid groups (broad SMARTS) is 1. The van der Waals surface area contributed by atoms with Crippen molar-refractivity contribution in [3.63, 3.8) is 0 Å². The summed E-state index contributed by atoms with van der Waals surface area (Å²) >= 11 is 0. The van der Waals surface area contributed by atoms with Crippen molar-refractivity contribution < 1.29 is 14.6 Å². The van der Waals surface area contributed by atoms with Crippen LogP contribution in [0.2, 0.25) is 0 Å². The zero-order valence-corrected chi connectivity index (χ0v) is 12.9. The molecule has 20 heavy (non-hydrogen) atoms. The molecule has 1 aromatic carbocycles. The molecule has 112 valence electrons. The molecule has 0 radical (unpaired) electrons. The standard InChI is InChI=1S/C16H25NO3/c1-11(2)13-7-6-8-14(9-13)20-12(3)10-16(4,17-5)15(18)19/h6-9,11-12,17H,10H2,1-5H3,(H,18,19). The maximum absolute atomic E-state index is 11.3. The van der Waals surface area contributed by atoms with Gasteiger partial charge in [0, 0.05) is 6.42 Å². The van der Waals surface area contributed by atoms with Crippen molar-refractivity contribution in [3.8, 4) is 5.75 Å². The van der Waals surface area contributed by atoms with Gasteiger partial charge in [-0.25, -0.2) is 0 Å². The summed E-state index contributed by atoms with van der Waals surface area (Å²) in [5.74, 6) is 0.356. The van der Waals surface area contributed by atoms with Crippen LogP contribution in [-0.2, 0) is 4.79 Å². The van der Waals surface area contributed by atoms with Crippen molar-refractivity contribution in [3.05, 3.63) is 29.8 Å². The third-order valence-electron chi connectivity index (χ3n) is 3.58. The van der Waals surface area contributed by atoms with Gasteiger partial charge >= 0.3 is 5.97 Å². The Morgan fingerprint density at radius 1 is 1.40 bits per heavy atom. The Hall–Kier alpha value is -1.55. The number of hydrogen-bond donors (Lipinski definition) is 2. The molecule has 0 heterocycles. The molecule has 0 saturated heterocycles. The van der Waals surface area contributed by atoms with Crippen molar-refractivity contribution >= 4 is 5.97 Å². The molecule has 0 aliphatic carbocycles. The van der Waals surface area contributed by atoms with E-state index in [1.807, 2.05) is 25.1 Å². The number of aliphatic carboxylic acids is 1. The van der Waals surface area contributed by atoms with E-state index >= 15 is 0 Å². The molecule has 4 heteroatoms. The molecule has 0 aromatic heterocycles. The van der Waals surface area contributed by atoms with E-state index in [-0.39, 0.29) is 6.10 Å². The van der Waals surface area contributed by atoms with Crippen molar-refractivity contribution in [2.75, 3.05) is 7.05 Å². The van der Waals surface area contributed by atoms with Crippen molar-refractivity contribution in [1.29, 1.82) is 0 Å². The van der Waals surface area contributed by atoms with Gasteiger partial charge in [-0.3, -0.25) is 4.79 Å². The number of ether oxygens (including phenoxy) is 1. The first-order chi connectivity index (χ1) is 9.28. The van der Waals surface area contributed by atoms with Crippen LogP contribution in [0.15, 0.2) is 24.3 Å². The maximum atomic E-state index is 11.3. The summed E-state index contributed by atoms with van der Waals surface area (Å²) in [6.45, 7) is 7.82. The number of likely N-dealkylation sites (N-methyl/N-ethyl adjacent to an activating group) is 1. The van der Waals surface area contributed by atoms with Gasteiger partial charge in [0.2, 0.25) is 0 Å². The van der Waals surface area contributed by atoms with Crippen LogP contribution < -0.4 is 10.1 Å². The number of nitrogens with one attached hydrogen (secondary N) is 1. The van der Waals surface area contributed by atoms with Gasteiger partial charge in [-0.05, 0) is 44.5 Å². The van der Waals surface area contributed by atoms with E-state index in [0.29, 0.717) is 12.3 Å². The number of rotatable bonds is 7. The summed E-state index contributed by atoms with van der Waals surface area (Å²) in [7, 11) is 1.65. The second kappa shape index (κ2) is 6.75. The Morgan fingerprint density at radius 2 is 2.05 bits per heavy atom. The van der Waals surface area contributed by atoms with Gasteiger partial charge in [0.15, 0.2) is 0 Å². The van der Waals surface area contributed by atoms with E-state index in [4.69, 9.17) is 4.74 Å². The van der Waals surface area contributed by atoms with Gasteiger partial charge in [-0.1, -0.05) is 26.0 Å². The fourth-order valence-electron chi connectivity index (χ4n) is 2.09. The lowest BCUT2D eigenvalue weighted by Crippen LogP contribution is -2.50. The number of carboxylic acids is 1. The van der Waals surface area contributed by atoms with Gasteiger partial charge in [0.1, 0.15) is 11.3 Å². The predicted molar refractivity (Wildman–Crippen MR) is 80.3 cm³/mol. The van der Waals surface area contributed by atoms with Gasteiger partial charge in [0.25, 0.3) is 0 Å². The van der Waals surface area contributed by atoms with Crippen LogP contribution >= 0.6 is 0 Å². The molecule has 0 bridgehead atoms. The lowest BCUT2D eigenvalue weighted by Gasteiger charge is -2.28. The number of benzene rings is 1. The van der Waals surface area contributed by atoms with E-state index in [1.54, 1.807) is 14.0 Å². The zero-order valence-electron chi connectivity index (χ0n) is 12.9. The largest absolute Gasteiger partial charge is 0.491 e. The molecule has 4 nitrogen and oxygen atoms in total. The molecule has 0 aliphatic heterocycles. The molecule has 2 N–H and O–H groups in total. The van der Waals surface area contributed by atoms with Crippen LogP contribution in [0.4, 0.5) is 0 Å². The number of hydrogen-bond acceptors (Lipinski definition) is 3. The molecule has 0 amide bonds. The maximum Gasteiger partial charge on any atom is 0.323 e. The molecule has 0 spiro atoms. The Labute approximate surface area is 121 Å². The van der Waals surface area contributed by atoms with Crippen molar-refractivity contribution in [2.45, 2.75) is 51.7 Å². The highest BCUT2D eigenvalue weighted by Crippen LogP contribution is 2.23. The van der Waals surface area contributed by atoms with Gasteiger partial charge in [-0.15, -0.1) is 0 Å². The fourth-order valence-corrected chi connectivity index (χ4v) is 2.09. The first-order valence-corrected chi connectivity index (χ1v) is 6.97. The van der Waals surface area contributed by atoms with E-state index < -0.39 is 11.5 Å². The molecule has 2 unspecified atom stereocenters. The lowest BCUT2D eigenvalue weighted by atomic mass is 9.95. The first kappa shape index (κ1) is 16.5. The third kappa shape index (κ3) is 4.23. The van der Waals surface area contributed by atoms with Gasteiger partial charge in [-0.2, -0.15) is 0 Å². The Morgan fingerprint density at radius 3 is 2.55 bits per heavy atom. The Kier molecular flexibility index (Phi) is 5.57. The highest BCUT2D eigenvalue weighted by Gasteiger charge is 2.33. The molecule has 0 fully saturated rings. The second-order valence-electron chi connectivity index (χ2n) is 5.75. The summed E-state index contributed by atoms with van der Waals surface area (Å²) < 4.78 is 5.85. The summed E-state index contributed by atoms with van der Waals surface area (Å²) in [5, 5.41) is 12.1. The average molecular weight is 279 g/mol. The van der Waals surface area contributed by atoms with Gasteiger partial charge < -0.3 is 15.2 Å². The molecule has 0 aliphatic rings. The minimum absolute atomic E-state index is 0.189. The quantitative estimate of drug-likeness (QED) is 0.805. The van der Waals surface area contributed by atoms with E-state index in [0.717, 1.165) is 5.75 Å². The molecular formula is C16H25NO3. The van der Waals surface area contributed by atoms with E-state index in [2.05, 4.69) is 25.2 Å². The number of carbonyl (C=O) groups is 1. The Bertz CT molecular complexity index is 459. The van der Waals surface area contributed by atoms with Crippen LogP contribution in [0.25, 0.3) is 0 Å². The van der Waals surface area contributed by atoms with Crippen molar-refractivity contribution in [2.24, 2.45) is 0 Å². The van der Waals surface area contributed by atoms with E-state index in [9.17, 15) is 9.90 Å². The molecule has 0 saturated carbocycles. The summed E-state index contributed by atoms with van der Waals surface area (Å²) in [6, 6.07) is 7.95. The minimum atomic E-state index is -0.977. The second-order valence-corrected chi connectivity index (χ2v) is 5.75. The third-order valence-corrected chi connectivity index (χ3v) is 3.58. The van der Waals surface area contributed by atoms with Crippen LogP contribution in [0.1, 0.15) is 45.6 Å². The van der Waals surface area contributed by atoms with Crippen molar-refractivity contribution in [1.82, 2.24) is 5.32 Å². The Balaban J connectivity index is 2.73. The van der Waals surface area contributed by atoms with E-state index in [1.165, 1.54) is 5.56 Å². The highest BCUT2D eigenvalue weighted by atomic mass is 16.5. The van der Waals surface area contributed by atoms with Gasteiger partial charge in [0.05, 0.1) is 6.10 Å². The molecular weight excluding hydrogens is 254 g/mol. The SMILES string of the molecule is CNC(C)(CC(C)Oc1cccc(C(C)C)c1)C(=O)O. The predicted octanol–water partition coefficient (Wildman–Crippen LogP) is 3.03. The summed E-state index contributed by atoms with van der Waals surface area (Å²) in [5.41, 5.74) is 0.235. The summed E-state index contributed by atoms with van der Waals surface area (Å²) in [6.07, 6.45) is 0.205. The van der Waals surface area contributed by atoms with Crippen LogP contribution in [0.5, 0.6) is 5.75 Å². The molecule has 2 atom stereocenters. The van der Waals surface area contributed by atoms with Crippen LogP contribution in [0.3, 0.4) is 0 Å². The average Bonchev–Trinajstić information content (AvgIpc) is 2.38. The lowest BCUT2D eigenvalue weighted by molar-refractivity contribution is -0.145.